The Hall–Kier alpha value is -2.28. The first kappa shape index (κ1) is 17.6. The van der Waals surface area contributed by atoms with Gasteiger partial charge in [-0.05, 0) is 53.8 Å². The van der Waals surface area contributed by atoms with Gasteiger partial charge in [0.05, 0.1) is 11.9 Å². The summed E-state index contributed by atoms with van der Waals surface area (Å²) in [5, 5.41) is 2.92. The molecule has 0 radical (unpaired) electrons. The van der Waals surface area contributed by atoms with E-state index < -0.39 is 0 Å². The molecule has 0 saturated heterocycles. The molecule has 1 N–H and O–H groups in total. The van der Waals surface area contributed by atoms with E-state index in [1.165, 1.54) is 18.4 Å². The van der Waals surface area contributed by atoms with E-state index in [9.17, 15) is 4.79 Å². The fourth-order valence-corrected chi connectivity index (χ4v) is 6.50. The number of aromatic amines is 1. The number of rotatable bonds is 4. The van der Waals surface area contributed by atoms with Crippen LogP contribution in [-0.2, 0) is 13.0 Å². The number of benzene rings is 1. The molecule has 1 aliphatic carbocycles. The van der Waals surface area contributed by atoms with Crippen LogP contribution >= 0.6 is 22.7 Å². The number of fused-ring (bicyclic) bond motifs is 2. The molecular formula is C23H21N3OS2. The lowest BCUT2D eigenvalue weighted by Gasteiger charge is -2.35. The third-order valence-electron chi connectivity index (χ3n) is 6.05. The Kier molecular flexibility index (Phi) is 4.18. The van der Waals surface area contributed by atoms with Gasteiger partial charge in [0.15, 0.2) is 0 Å². The predicted octanol–water partition coefficient (Wildman–Crippen LogP) is 5.22. The van der Waals surface area contributed by atoms with E-state index in [0.717, 1.165) is 40.0 Å². The van der Waals surface area contributed by atoms with Crippen LogP contribution in [0.25, 0.3) is 20.7 Å². The standard InChI is InChI=1S/C23H21N3OS2/c27-22-17-12-19(14-4-2-1-3-5-14)29-23(17)25-20(24-22)13-26-10-8-18-16(9-11-28-18)21(26)15-6-7-15/h1-5,9,11-12,15,21H,6-8,10,13H2,(H,24,25,27). The third-order valence-corrected chi connectivity index (χ3v) is 8.12. The minimum absolute atomic E-state index is 0.0281. The number of H-pyrrole nitrogens is 1. The number of aromatic nitrogens is 2. The molecule has 1 atom stereocenters. The molecule has 1 unspecified atom stereocenters. The van der Waals surface area contributed by atoms with Gasteiger partial charge in [0.25, 0.3) is 5.56 Å². The zero-order valence-electron chi connectivity index (χ0n) is 15.9. The molecular weight excluding hydrogens is 398 g/mol. The van der Waals surface area contributed by atoms with Crippen LogP contribution in [0.4, 0.5) is 0 Å². The molecule has 1 saturated carbocycles. The van der Waals surface area contributed by atoms with Gasteiger partial charge in [0, 0.05) is 22.3 Å². The average Bonchev–Trinajstić information content (AvgIpc) is 3.29. The van der Waals surface area contributed by atoms with Crippen molar-refractivity contribution in [2.24, 2.45) is 5.92 Å². The Bertz CT molecular complexity index is 1240. The highest BCUT2D eigenvalue weighted by Gasteiger charge is 2.40. The summed E-state index contributed by atoms with van der Waals surface area (Å²) < 4.78 is 0. The SMILES string of the molecule is O=c1[nH]c(CN2CCc3sccc3C2C2CC2)nc2sc(-c3ccccc3)cc12. The maximum atomic E-state index is 12.8. The van der Waals surface area contributed by atoms with Gasteiger partial charge < -0.3 is 4.98 Å². The quantitative estimate of drug-likeness (QED) is 0.493. The van der Waals surface area contributed by atoms with Crippen molar-refractivity contribution in [3.63, 3.8) is 0 Å². The molecule has 6 rings (SSSR count). The van der Waals surface area contributed by atoms with Crippen LogP contribution in [0.15, 0.2) is 52.6 Å². The zero-order chi connectivity index (χ0) is 19.4. The van der Waals surface area contributed by atoms with Crippen LogP contribution in [0.5, 0.6) is 0 Å². The number of hydrogen-bond acceptors (Lipinski definition) is 5. The van der Waals surface area contributed by atoms with Crippen molar-refractivity contribution in [2.45, 2.75) is 31.8 Å². The lowest BCUT2D eigenvalue weighted by molar-refractivity contribution is 0.154. The topological polar surface area (TPSA) is 49.0 Å². The van der Waals surface area contributed by atoms with Crippen LogP contribution < -0.4 is 5.56 Å². The highest BCUT2D eigenvalue weighted by Crippen LogP contribution is 2.48. The molecule has 4 heterocycles. The fourth-order valence-electron chi connectivity index (χ4n) is 4.53. The number of nitrogens with one attached hydrogen (secondary N) is 1. The summed E-state index contributed by atoms with van der Waals surface area (Å²) >= 11 is 3.49. The van der Waals surface area contributed by atoms with Gasteiger partial charge in [-0.1, -0.05) is 30.3 Å². The second-order valence-corrected chi connectivity index (χ2v) is 10.0. The fraction of sp³-hybridized carbons (Fsp3) is 0.304. The van der Waals surface area contributed by atoms with Gasteiger partial charge in [-0.15, -0.1) is 22.7 Å². The van der Waals surface area contributed by atoms with Crippen molar-refractivity contribution in [3.8, 4) is 10.4 Å². The summed E-state index contributed by atoms with van der Waals surface area (Å²) in [6, 6.07) is 15.0. The lowest BCUT2D eigenvalue weighted by atomic mass is 9.96. The summed E-state index contributed by atoms with van der Waals surface area (Å²) in [6.07, 6.45) is 3.72. The summed E-state index contributed by atoms with van der Waals surface area (Å²) in [7, 11) is 0. The Morgan fingerprint density at radius 1 is 1.17 bits per heavy atom. The molecule has 1 fully saturated rings. The van der Waals surface area contributed by atoms with E-state index in [4.69, 9.17) is 4.98 Å². The highest BCUT2D eigenvalue weighted by atomic mass is 32.1. The van der Waals surface area contributed by atoms with Crippen LogP contribution in [0.3, 0.4) is 0 Å². The Morgan fingerprint density at radius 3 is 2.86 bits per heavy atom. The highest BCUT2D eigenvalue weighted by molar-refractivity contribution is 7.21. The maximum Gasteiger partial charge on any atom is 0.259 e. The molecule has 29 heavy (non-hydrogen) atoms. The van der Waals surface area contributed by atoms with E-state index in [1.54, 1.807) is 16.2 Å². The molecule has 0 amide bonds. The number of hydrogen-bond donors (Lipinski definition) is 1. The monoisotopic (exact) mass is 419 g/mol. The normalized spacial score (nSPS) is 19.5. The largest absolute Gasteiger partial charge is 0.309 e. The van der Waals surface area contributed by atoms with Crippen molar-refractivity contribution in [1.82, 2.24) is 14.9 Å². The van der Waals surface area contributed by atoms with Gasteiger partial charge in [0.1, 0.15) is 10.7 Å². The summed E-state index contributed by atoms with van der Waals surface area (Å²) in [5.74, 6) is 1.54. The number of nitrogens with zero attached hydrogens (tertiary/aromatic N) is 2. The summed E-state index contributed by atoms with van der Waals surface area (Å²) in [6.45, 7) is 1.75. The van der Waals surface area contributed by atoms with E-state index in [-0.39, 0.29) is 5.56 Å². The van der Waals surface area contributed by atoms with Crippen LogP contribution in [-0.4, -0.2) is 21.4 Å². The smallest absolute Gasteiger partial charge is 0.259 e. The molecule has 2 aliphatic rings. The first-order valence-corrected chi connectivity index (χ1v) is 11.8. The van der Waals surface area contributed by atoms with Crippen LogP contribution in [0, 0.1) is 5.92 Å². The second-order valence-electron chi connectivity index (χ2n) is 8.01. The molecule has 6 heteroatoms. The lowest BCUT2D eigenvalue weighted by Crippen LogP contribution is -2.36. The second kappa shape index (κ2) is 6.90. The molecule has 4 aromatic rings. The van der Waals surface area contributed by atoms with Crippen molar-refractivity contribution in [3.05, 3.63) is 74.5 Å². The van der Waals surface area contributed by atoms with Gasteiger partial charge in [0.2, 0.25) is 0 Å². The van der Waals surface area contributed by atoms with E-state index in [0.29, 0.717) is 18.0 Å². The molecule has 1 aromatic carbocycles. The minimum atomic E-state index is -0.0281. The van der Waals surface area contributed by atoms with Crippen molar-refractivity contribution < 1.29 is 0 Å². The van der Waals surface area contributed by atoms with Gasteiger partial charge in [-0.25, -0.2) is 4.98 Å². The van der Waals surface area contributed by atoms with Gasteiger partial charge in [-0.2, -0.15) is 0 Å². The Morgan fingerprint density at radius 2 is 2.03 bits per heavy atom. The predicted molar refractivity (Wildman–Crippen MR) is 120 cm³/mol. The van der Waals surface area contributed by atoms with Crippen molar-refractivity contribution in [2.75, 3.05) is 6.54 Å². The maximum absolute atomic E-state index is 12.8. The third kappa shape index (κ3) is 3.16. The van der Waals surface area contributed by atoms with Crippen molar-refractivity contribution in [1.29, 1.82) is 0 Å². The van der Waals surface area contributed by atoms with E-state index in [1.807, 2.05) is 35.6 Å². The minimum Gasteiger partial charge on any atom is -0.309 e. The van der Waals surface area contributed by atoms with Crippen molar-refractivity contribution >= 4 is 32.9 Å². The Balaban J connectivity index is 1.34. The first-order valence-electron chi connectivity index (χ1n) is 10.1. The zero-order valence-corrected chi connectivity index (χ0v) is 17.6. The molecule has 1 aliphatic heterocycles. The first-order chi connectivity index (χ1) is 14.3. The number of thiophene rings is 2. The Labute approximate surface area is 176 Å². The molecule has 0 bridgehead atoms. The average molecular weight is 420 g/mol. The van der Waals surface area contributed by atoms with E-state index >= 15 is 0 Å². The molecule has 3 aromatic heterocycles. The summed E-state index contributed by atoms with van der Waals surface area (Å²) in [4.78, 5) is 26.7. The molecule has 4 nitrogen and oxygen atoms in total. The summed E-state index contributed by atoms with van der Waals surface area (Å²) in [5.41, 5.74) is 2.61. The van der Waals surface area contributed by atoms with E-state index in [2.05, 4.69) is 33.5 Å². The molecule has 146 valence electrons. The van der Waals surface area contributed by atoms with Crippen LogP contribution in [0.1, 0.15) is 35.1 Å². The molecule has 0 spiro atoms. The van der Waals surface area contributed by atoms with Crippen LogP contribution in [0.2, 0.25) is 0 Å². The van der Waals surface area contributed by atoms with Gasteiger partial charge >= 0.3 is 0 Å². The van der Waals surface area contributed by atoms with Gasteiger partial charge in [-0.3, -0.25) is 9.69 Å².